The first-order chi connectivity index (χ1) is 8.42. The summed E-state index contributed by atoms with van der Waals surface area (Å²) in [5, 5.41) is 3.25. The van der Waals surface area contributed by atoms with Crippen molar-refractivity contribution in [1.29, 1.82) is 0 Å². The molecular formula is C13H20BrNO2S. The lowest BCUT2D eigenvalue weighted by Gasteiger charge is -2.16. The second-order valence-corrected chi connectivity index (χ2v) is 7.67. The van der Waals surface area contributed by atoms with Crippen molar-refractivity contribution in [3.8, 4) is 0 Å². The van der Waals surface area contributed by atoms with Crippen molar-refractivity contribution in [2.24, 2.45) is 0 Å². The fourth-order valence-electron chi connectivity index (χ4n) is 1.87. The highest BCUT2D eigenvalue weighted by atomic mass is 79.9. The Morgan fingerprint density at radius 2 is 2.00 bits per heavy atom. The van der Waals surface area contributed by atoms with Crippen LogP contribution in [0.25, 0.3) is 0 Å². The van der Waals surface area contributed by atoms with E-state index in [1.54, 1.807) is 0 Å². The number of rotatable bonds is 7. The lowest BCUT2D eigenvalue weighted by Crippen LogP contribution is -2.28. The van der Waals surface area contributed by atoms with E-state index in [1.807, 2.05) is 25.2 Å². The highest BCUT2D eigenvalue weighted by molar-refractivity contribution is 9.10. The Labute approximate surface area is 118 Å². The van der Waals surface area contributed by atoms with Crippen molar-refractivity contribution in [3.05, 3.63) is 34.3 Å². The molecule has 1 aromatic rings. The van der Waals surface area contributed by atoms with Crippen molar-refractivity contribution < 1.29 is 8.42 Å². The van der Waals surface area contributed by atoms with Gasteiger partial charge in [0.1, 0.15) is 9.84 Å². The van der Waals surface area contributed by atoms with E-state index in [1.165, 1.54) is 11.8 Å². The summed E-state index contributed by atoms with van der Waals surface area (Å²) in [7, 11) is -0.927. The molecule has 1 rings (SSSR count). The largest absolute Gasteiger partial charge is 0.317 e. The average molecular weight is 334 g/mol. The fourth-order valence-corrected chi connectivity index (χ4v) is 3.01. The van der Waals surface area contributed by atoms with Gasteiger partial charge in [0.05, 0.1) is 0 Å². The quantitative estimate of drug-likeness (QED) is 0.833. The number of sulfone groups is 1. The lowest BCUT2D eigenvalue weighted by atomic mass is 10.0. The summed E-state index contributed by atoms with van der Waals surface area (Å²) in [5.41, 5.74) is 1.25. The Hall–Kier alpha value is -0.390. The molecule has 1 unspecified atom stereocenters. The first kappa shape index (κ1) is 15.7. The van der Waals surface area contributed by atoms with Crippen LogP contribution >= 0.6 is 15.9 Å². The van der Waals surface area contributed by atoms with Crippen LogP contribution in [0.5, 0.6) is 0 Å². The smallest absolute Gasteiger partial charge is 0.147 e. The summed E-state index contributed by atoms with van der Waals surface area (Å²) < 4.78 is 23.3. The number of halogens is 1. The van der Waals surface area contributed by atoms with E-state index in [4.69, 9.17) is 0 Å². The number of benzene rings is 1. The van der Waals surface area contributed by atoms with Crippen molar-refractivity contribution in [2.45, 2.75) is 25.3 Å². The molecule has 0 heterocycles. The zero-order valence-electron chi connectivity index (χ0n) is 10.8. The van der Waals surface area contributed by atoms with Crippen molar-refractivity contribution in [1.82, 2.24) is 5.32 Å². The molecule has 1 atom stereocenters. The van der Waals surface area contributed by atoms with E-state index >= 15 is 0 Å². The second kappa shape index (κ2) is 7.26. The number of hydrogen-bond acceptors (Lipinski definition) is 3. The minimum Gasteiger partial charge on any atom is -0.317 e. The minimum atomic E-state index is -2.85. The minimum absolute atomic E-state index is 0.265. The maximum atomic E-state index is 11.1. The van der Waals surface area contributed by atoms with Crippen LogP contribution in [0.1, 0.15) is 18.4 Å². The van der Waals surface area contributed by atoms with Gasteiger partial charge in [-0.3, -0.25) is 0 Å². The third-order valence-corrected chi connectivity index (χ3v) is 4.70. The molecular weight excluding hydrogens is 314 g/mol. The molecule has 0 aliphatic carbocycles. The molecule has 1 N–H and O–H groups in total. The number of hydrogen-bond donors (Lipinski definition) is 1. The van der Waals surface area contributed by atoms with Crippen LogP contribution in [0.4, 0.5) is 0 Å². The van der Waals surface area contributed by atoms with Gasteiger partial charge in [0, 0.05) is 22.5 Å². The molecule has 0 aliphatic rings. The summed E-state index contributed by atoms with van der Waals surface area (Å²) in [4.78, 5) is 0. The van der Waals surface area contributed by atoms with Crippen LogP contribution in [0, 0.1) is 0 Å². The van der Waals surface area contributed by atoms with E-state index in [0.717, 1.165) is 17.3 Å². The monoisotopic (exact) mass is 333 g/mol. The van der Waals surface area contributed by atoms with Crippen molar-refractivity contribution >= 4 is 25.8 Å². The third kappa shape index (κ3) is 5.98. The highest BCUT2D eigenvalue weighted by Gasteiger charge is 2.11. The van der Waals surface area contributed by atoms with Gasteiger partial charge >= 0.3 is 0 Å². The van der Waals surface area contributed by atoms with Crippen molar-refractivity contribution in [3.63, 3.8) is 0 Å². The third-order valence-electron chi connectivity index (χ3n) is 2.90. The van der Waals surface area contributed by atoms with Gasteiger partial charge in [0.2, 0.25) is 0 Å². The molecule has 0 fully saturated rings. The Bertz CT molecular complexity index is 474. The zero-order chi connectivity index (χ0) is 13.6. The van der Waals surface area contributed by atoms with E-state index in [-0.39, 0.29) is 5.75 Å². The summed E-state index contributed by atoms with van der Waals surface area (Å²) in [6, 6.07) is 8.43. The van der Waals surface area contributed by atoms with Gasteiger partial charge in [-0.2, -0.15) is 0 Å². The Kier molecular flexibility index (Phi) is 6.32. The fraction of sp³-hybridized carbons (Fsp3) is 0.538. The Balaban J connectivity index is 2.50. The molecule has 0 aliphatic heterocycles. The molecule has 5 heteroatoms. The van der Waals surface area contributed by atoms with Crippen LogP contribution in [0.15, 0.2) is 28.7 Å². The van der Waals surface area contributed by atoms with Gasteiger partial charge in [-0.05, 0) is 37.9 Å². The van der Waals surface area contributed by atoms with Gasteiger partial charge in [-0.15, -0.1) is 0 Å². The lowest BCUT2D eigenvalue weighted by molar-refractivity contribution is 0.510. The average Bonchev–Trinajstić information content (AvgIpc) is 2.29. The topological polar surface area (TPSA) is 46.2 Å². The number of nitrogens with one attached hydrogen (secondary N) is 1. The first-order valence-electron chi connectivity index (χ1n) is 6.01. The van der Waals surface area contributed by atoms with Gasteiger partial charge in [0.15, 0.2) is 0 Å². The predicted molar refractivity (Wildman–Crippen MR) is 79.6 cm³/mol. The Morgan fingerprint density at radius 3 is 2.56 bits per heavy atom. The predicted octanol–water partition coefficient (Wildman–Crippen LogP) is 2.40. The molecule has 0 bridgehead atoms. The van der Waals surface area contributed by atoms with E-state index < -0.39 is 9.84 Å². The van der Waals surface area contributed by atoms with Crippen LogP contribution in [0.3, 0.4) is 0 Å². The van der Waals surface area contributed by atoms with Gasteiger partial charge < -0.3 is 5.32 Å². The number of likely N-dealkylation sites (N-methyl/N-ethyl adjacent to an activating group) is 1. The molecule has 3 nitrogen and oxygen atoms in total. The molecule has 0 radical (unpaired) electrons. The normalized spacial score (nSPS) is 13.5. The summed E-state index contributed by atoms with van der Waals surface area (Å²) in [6.07, 6.45) is 3.76. The highest BCUT2D eigenvalue weighted by Crippen LogP contribution is 2.18. The molecule has 0 saturated carbocycles. The summed E-state index contributed by atoms with van der Waals surface area (Å²) in [6.45, 7) is 0. The van der Waals surface area contributed by atoms with E-state index in [0.29, 0.717) is 12.5 Å². The zero-order valence-corrected chi connectivity index (χ0v) is 13.2. The molecule has 1 aromatic carbocycles. The van der Waals surface area contributed by atoms with Crippen molar-refractivity contribution in [2.75, 3.05) is 19.1 Å². The second-order valence-electron chi connectivity index (χ2n) is 4.55. The summed E-state index contributed by atoms with van der Waals surface area (Å²) >= 11 is 3.53. The van der Waals surface area contributed by atoms with E-state index in [9.17, 15) is 8.42 Å². The first-order valence-corrected chi connectivity index (χ1v) is 8.86. The molecule has 0 saturated heterocycles. The maximum Gasteiger partial charge on any atom is 0.147 e. The SMILES string of the molecule is CNC(CCCS(C)(=O)=O)Cc1ccccc1Br. The molecule has 0 aromatic heterocycles. The standard InChI is InChI=1S/C13H20BrNO2S/c1-15-12(7-5-9-18(2,16)17)10-11-6-3-4-8-13(11)14/h3-4,6,8,12,15H,5,7,9-10H2,1-2H3. The van der Waals surface area contributed by atoms with Crippen LogP contribution in [-0.4, -0.2) is 33.5 Å². The van der Waals surface area contributed by atoms with Gasteiger partial charge in [-0.1, -0.05) is 34.1 Å². The van der Waals surface area contributed by atoms with Crippen LogP contribution in [-0.2, 0) is 16.3 Å². The van der Waals surface area contributed by atoms with E-state index in [2.05, 4.69) is 27.3 Å². The summed E-state index contributed by atoms with van der Waals surface area (Å²) in [5.74, 6) is 0.265. The maximum absolute atomic E-state index is 11.1. The molecule has 18 heavy (non-hydrogen) atoms. The molecule has 0 spiro atoms. The molecule has 0 amide bonds. The van der Waals surface area contributed by atoms with Gasteiger partial charge in [-0.25, -0.2) is 8.42 Å². The van der Waals surface area contributed by atoms with Crippen LogP contribution < -0.4 is 5.32 Å². The van der Waals surface area contributed by atoms with Crippen LogP contribution in [0.2, 0.25) is 0 Å². The van der Waals surface area contributed by atoms with Gasteiger partial charge in [0.25, 0.3) is 0 Å². The molecule has 102 valence electrons. The Morgan fingerprint density at radius 1 is 1.33 bits per heavy atom.